The van der Waals surface area contributed by atoms with Crippen molar-refractivity contribution in [1.29, 1.82) is 0 Å². The number of alkyl halides is 4. The number of hydrogen-bond donors (Lipinski definition) is 0. The van der Waals surface area contributed by atoms with Crippen molar-refractivity contribution in [3.8, 4) is 0 Å². The minimum atomic E-state index is -4.29. The van der Waals surface area contributed by atoms with Gasteiger partial charge in [-0.3, -0.25) is 0 Å². The molecule has 0 aliphatic rings. The molecule has 0 amide bonds. The van der Waals surface area contributed by atoms with Crippen LogP contribution in [-0.4, -0.2) is 25.6 Å². The number of rotatable bonds is 8. The molecule has 0 N–H and O–H groups in total. The van der Waals surface area contributed by atoms with Gasteiger partial charge in [-0.15, -0.1) is 9.05 Å². The first-order valence-corrected chi connectivity index (χ1v) is 5.38. The summed E-state index contributed by atoms with van der Waals surface area (Å²) < 4.78 is 66.8. The van der Waals surface area contributed by atoms with Crippen molar-refractivity contribution in [2.75, 3.05) is 13.2 Å². The first kappa shape index (κ1) is 14.7. The van der Waals surface area contributed by atoms with Crippen LogP contribution in [0.3, 0.4) is 0 Å². The van der Waals surface area contributed by atoms with Crippen molar-refractivity contribution in [3.05, 3.63) is 0 Å². The Balaban J connectivity index is 3.71. The van der Waals surface area contributed by atoms with Gasteiger partial charge in [0.05, 0.1) is 0 Å². The van der Waals surface area contributed by atoms with Crippen LogP contribution in [0.15, 0.2) is 0 Å². The third-order valence-electron chi connectivity index (χ3n) is 1.38. The van der Waals surface area contributed by atoms with Crippen LogP contribution in [0.1, 0.15) is 19.8 Å². The van der Waals surface area contributed by atoms with E-state index < -0.39 is 27.2 Å². The molecule has 0 fully saturated rings. The van der Waals surface area contributed by atoms with Crippen molar-refractivity contribution >= 4 is 8.25 Å². The fourth-order valence-corrected chi connectivity index (χ4v) is 1.15. The van der Waals surface area contributed by atoms with E-state index in [1.807, 2.05) is 6.92 Å². The quantitative estimate of drug-likeness (QED) is 0.377. The summed E-state index contributed by atoms with van der Waals surface area (Å²) in [5, 5.41) is 0. The Bertz CT molecular complexity index is 201. The van der Waals surface area contributed by atoms with Crippen LogP contribution in [0, 0.1) is 0 Å². The minimum absolute atomic E-state index is 0.0892. The molecule has 0 heterocycles. The maximum Gasteiger partial charge on any atom is 0.697 e. The molecule has 1 unspecified atom stereocenters. The second-order valence-corrected chi connectivity index (χ2v) is 3.71. The molecular weight excluding hydrogens is 239 g/mol. The molecule has 3 nitrogen and oxygen atoms in total. The molecule has 0 radical (unpaired) electrons. The molecule has 0 aromatic carbocycles. The zero-order valence-corrected chi connectivity index (χ0v) is 8.98. The molecule has 0 saturated heterocycles. The summed E-state index contributed by atoms with van der Waals surface area (Å²) >= 11 is 0. The van der Waals surface area contributed by atoms with Crippen molar-refractivity contribution in [1.82, 2.24) is 0 Å². The Morgan fingerprint density at radius 3 is 2.40 bits per heavy atom. The number of halogens is 4. The zero-order valence-electron chi connectivity index (χ0n) is 8.09. The van der Waals surface area contributed by atoms with E-state index in [1.165, 1.54) is 0 Å². The highest BCUT2D eigenvalue weighted by Gasteiger charge is 2.44. The molecule has 8 heteroatoms. The third kappa shape index (κ3) is 6.76. The van der Waals surface area contributed by atoms with Crippen LogP contribution in [-0.2, 0) is 13.6 Å². The molecule has 0 aliphatic carbocycles. The zero-order chi connectivity index (χ0) is 11.9. The molecule has 15 heavy (non-hydrogen) atoms. The molecule has 0 bridgehead atoms. The molecular formula is C7H12F4O3P+. The Morgan fingerprint density at radius 2 is 1.93 bits per heavy atom. The van der Waals surface area contributed by atoms with Gasteiger partial charge >= 0.3 is 20.6 Å². The van der Waals surface area contributed by atoms with E-state index in [2.05, 4.69) is 9.05 Å². The summed E-state index contributed by atoms with van der Waals surface area (Å²) in [7, 11) is -2.74. The standard InChI is InChI=1S/C7H12F4O3P/c1-2-3-4-13-15(12)14-5-7(10,11)6(8)9/h6H,2-5H2,1H3/q+1. The molecule has 0 spiro atoms. The second kappa shape index (κ2) is 7.09. The average molecular weight is 251 g/mol. The van der Waals surface area contributed by atoms with E-state index in [4.69, 9.17) is 0 Å². The Kier molecular flexibility index (Phi) is 6.96. The fourth-order valence-electron chi connectivity index (χ4n) is 0.522. The smallest absolute Gasteiger partial charge is 0.203 e. The summed E-state index contributed by atoms with van der Waals surface area (Å²) in [6.07, 6.45) is -2.47. The summed E-state index contributed by atoms with van der Waals surface area (Å²) in [5.74, 6) is -4.29. The van der Waals surface area contributed by atoms with Crippen LogP contribution in [0.4, 0.5) is 17.6 Å². The van der Waals surface area contributed by atoms with Crippen molar-refractivity contribution in [3.63, 3.8) is 0 Å². The van der Waals surface area contributed by atoms with Gasteiger partial charge in [0.1, 0.15) is 6.61 Å². The molecule has 0 aromatic rings. The minimum Gasteiger partial charge on any atom is -0.203 e. The lowest BCUT2D eigenvalue weighted by molar-refractivity contribution is -0.148. The van der Waals surface area contributed by atoms with Gasteiger partial charge in [0.15, 0.2) is 6.61 Å². The van der Waals surface area contributed by atoms with Crippen LogP contribution in [0.2, 0.25) is 0 Å². The van der Waals surface area contributed by atoms with Crippen LogP contribution >= 0.6 is 8.25 Å². The monoisotopic (exact) mass is 251 g/mol. The van der Waals surface area contributed by atoms with E-state index in [9.17, 15) is 22.1 Å². The Hall–Kier alpha value is -0.260. The normalized spacial score (nSPS) is 13.3. The summed E-state index contributed by atoms with van der Waals surface area (Å²) in [6.45, 7) is 0.334. The van der Waals surface area contributed by atoms with Crippen molar-refractivity contribution in [2.45, 2.75) is 32.1 Å². The van der Waals surface area contributed by atoms with Gasteiger partial charge in [0.25, 0.3) is 0 Å². The van der Waals surface area contributed by atoms with Gasteiger partial charge in [-0.2, -0.15) is 8.78 Å². The van der Waals surface area contributed by atoms with Gasteiger partial charge < -0.3 is 0 Å². The number of unbranched alkanes of at least 4 members (excludes halogenated alkanes) is 1. The molecule has 0 rings (SSSR count). The predicted molar refractivity (Wildman–Crippen MR) is 45.4 cm³/mol. The van der Waals surface area contributed by atoms with Gasteiger partial charge in [-0.25, -0.2) is 8.78 Å². The van der Waals surface area contributed by atoms with Crippen molar-refractivity contribution < 1.29 is 31.2 Å². The summed E-state index contributed by atoms with van der Waals surface area (Å²) in [6, 6.07) is 0. The maximum atomic E-state index is 12.2. The lowest BCUT2D eigenvalue weighted by Crippen LogP contribution is -2.31. The van der Waals surface area contributed by atoms with Gasteiger partial charge in [-0.05, 0) is 6.42 Å². The van der Waals surface area contributed by atoms with E-state index in [0.717, 1.165) is 6.42 Å². The first-order chi connectivity index (χ1) is 6.90. The average Bonchev–Trinajstić information content (AvgIpc) is 2.15. The third-order valence-corrected chi connectivity index (χ3v) is 2.11. The van der Waals surface area contributed by atoms with Gasteiger partial charge in [-0.1, -0.05) is 13.3 Å². The maximum absolute atomic E-state index is 12.2. The van der Waals surface area contributed by atoms with Gasteiger partial charge in [0, 0.05) is 4.57 Å². The van der Waals surface area contributed by atoms with Gasteiger partial charge in [0.2, 0.25) is 0 Å². The number of hydrogen-bond acceptors (Lipinski definition) is 3. The lowest BCUT2D eigenvalue weighted by Gasteiger charge is -2.10. The summed E-state index contributed by atoms with van der Waals surface area (Å²) in [5.41, 5.74) is 0. The SMILES string of the molecule is CCCCO[P+](=O)OCC(F)(F)C(F)F. The van der Waals surface area contributed by atoms with Crippen LogP contribution in [0.5, 0.6) is 0 Å². The highest BCUT2D eigenvalue weighted by Crippen LogP contribution is 2.30. The van der Waals surface area contributed by atoms with Crippen LogP contribution < -0.4 is 0 Å². The largest absolute Gasteiger partial charge is 0.697 e. The molecule has 0 saturated carbocycles. The topological polar surface area (TPSA) is 35.5 Å². The van der Waals surface area contributed by atoms with Crippen molar-refractivity contribution in [2.24, 2.45) is 0 Å². The first-order valence-electron chi connectivity index (χ1n) is 4.29. The molecule has 1 atom stereocenters. The summed E-state index contributed by atoms with van der Waals surface area (Å²) in [4.78, 5) is 0. The second-order valence-electron chi connectivity index (χ2n) is 2.75. The molecule has 90 valence electrons. The Labute approximate surface area is 85.7 Å². The van der Waals surface area contributed by atoms with E-state index in [1.54, 1.807) is 0 Å². The molecule has 0 aromatic heterocycles. The highest BCUT2D eigenvalue weighted by atomic mass is 31.1. The van der Waals surface area contributed by atoms with E-state index in [-0.39, 0.29) is 6.61 Å². The van der Waals surface area contributed by atoms with E-state index in [0.29, 0.717) is 6.42 Å². The van der Waals surface area contributed by atoms with E-state index >= 15 is 0 Å². The predicted octanol–water partition coefficient (Wildman–Crippen LogP) is 3.38. The molecule has 0 aliphatic heterocycles. The van der Waals surface area contributed by atoms with Crippen LogP contribution in [0.25, 0.3) is 0 Å². The fraction of sp³-hybridized carbons (Fsp3) is 1.00. The Morgan fingerprint density at radius 1 is 1.33 bits per heavy atom. The highest BCUT2D eigenvalue weighted by molar-refractivity contribution is 7.33. The lowest BCUT2D eigenvalue weighted by atomic mass is 10.4.